The molecule has 2 saturated heterocycles. The molecular weight excluding hydrogens is 400 g/mol. The van der Waals surface area contributed by atoms with Gasteiger partial charge in [-0.2, -0.15) is 0 Å². The summed E-state index contributed by atoms with van der Waals surface area (Å²) in [4.78, 5) is 22.2. The zero-order chi connectivity index (χ0) is 22.1. The minimum atomic E-state index is -0.244. The lowest BCUT2D eigenvalue weighted by Gasteiger charge is -2.53. The van der Waals surface area contributed by atoms with Crippen molar-refractivity contribution in [3.63, 3.8) is 0 Å². The predicted octanol–water partition coefficient (Wildman–Crippen LogP) is 3.31. The maximum Gasteiger partial charge on any atom is 0.228 e. The van der Waals surface area contributed by atoms with Crippen molar-refractivity contribution in [1.29, 1.82) is 0 Å². The number of hydrogen-bond acceptors (Lipinski definition) is 4. The van der Waals surface area contributed by atoms with Crippen LogP contribution in [0.5, 0.6) is 0 Å². The zero-order valence-electron chi connectivity index (χ0n) is 19.7. The van der Waals surface area contributed by atoms with Crippen molar-refractivity contribution in [3.05, 3.63) is 35.5 Å². The summed E-state index contributed by atoms with van der Waals surface area (Å²) in [7, 11) is 0. The first kappa shape index (κ1) is 21.9. The summed E-state index contributed by atoms with van der Waals surface area (Å²) in [5, 5.41) is 4.57. The van der Waals surface area contributed by atoms with Gasteiger partial charge in [0.05, 0.1) is 18.6 Å². The number of ether oxygens (including phenoxy) is 1. The van der Waals surface area contributed by atoms with Gasteiger partial charge in [0.25, 0.3) is 0 Å². The van der Waals surface area contributed by atoms with Gasteiger partial charge in [-0.15, -0.1) is 0 Å². The third-order valence-corrected chi connectivity index (χ3v) is 8.30. The van der Waals surface area contributed by atoms with E-state index in [2.05, 4.69) is 58.2 Å². The Balaban J connectivity index is 1.30. The Labute approximate surface area is 191 Å². The van der Waals surface area contributed by atoms with E-state index in [0.29, 0.717) is 18.5 Å². The Hall–Kier alpha value is -1.89. The van der Waals surface area contributed by atoms with Crippen LogP contribution in [-0.4, -0.2) is 72.7 Å². The molecule has 6 nitrogen and oxygen atoms in total. The number of benzene rings is 1. The minimum absolute atomic E-state index is 0.244. The maximum atomic E-state index is 13.8. The Bertz CT molecular complexity index is 950. The second-order valence-corrected chi connectivity index (χ2v) is 10.1. The van der Waals surface area contributed by atoms with Crippen molar-refractivity contribution in [1.82, 2.24) is 20.1 Å². The van der Waals surface area contributed by atoms with Crippen molar-refractivity contribution < 1.29 is 9.53 Å². The molecule has 1 aromatic heterocycles. The molecule has 3 heterocycles. The maximum absolute atomic E-state index is 13.8. The van der Waals surface area contributed by atoms with E-state index in [1.54, 1.807) is 0 Å². The summed E-state index contributed by atoms with van der Waals surface area (Å²) in [6, 6.07) is 9.23. The Morgan fingerprint density at radius 2 is 2.06 bits per heavy atom. The molecule has 1 amide bonds. The summed E-state index contributed by atoms with van der Waals surface area (Å²) in [6.45, 7) is 11.7. The minimum Gasteiger partial charge on any atom is -0.379 e. The molecule has 3 aliphatic rings. The summed E-state index contributed by atoms with van der Waals surface area (Å²) in [5.74, 6) is 0.744. The topological polar surface area (TPSA) is 60.6 Å². The van der Waals surface area contributed by atoms with Crippen LogP contribution < -0.4 is 5.32 Å². The predicted molar refractivity (Wildman–Crippen MR) is 128 cm³/mol. The third kappa shape index (κ3) is 4.20. The Kier molecular flexibility index (Phi) is 6.28. The molecule has 1 aliphatic carbocycles. The number of piperidine rings is 1. The van der Waals surface area contributed by atoms with Crippen LogP contribution in [0.25, 0.3) is 10.9 Å². The van der Waals surface area contributed by atoms with E-state index < -0.39 is 0 Å². The highest BCUT2D eigenvalue weighted by Crippen LogP contribution is 2.48. The number of rotatable bonds is 5. The normalized spacial score (nSPS) is 29.7. The number of nitrogens with one attached hydrogen (secondary N) is 2. The quantitative estimate of drug-likeness (QED) is 0.752. The second-order valence-electron chi connectivity index (χ2n) is 10.1. The third-order valence-electron chi connectivity index (χ3n) is 8.30. The van der Waals surface area contributed by atoms with E-state index >= 15 is 0 Å². The van der Waals surface area contributed by atoms with Crippen molar-refractivity contribution in [2.45, 2.75) is 52.1 Å². The molecule has 0 spiro atoms. The number of morpholine rings is 1. The molecule has 1 saturated carbocycles. The molecule has 6 heteroatoms. The van der Waals surface area contributed by atoms with Crippen LogP contribution in [0.1, 0.15) is 43.9 Å². The van der Waals surface area contributed by atoms with Crippen molar-refractivity contribution >= 4 is 16.8 Å². The number of carbonyl (C=O) groups excluding carboxylic acids is 1. The molecule has 0 bridgehead atoms. The molecule has 2 aliphatic heterocycles. The van der Waals surface area contributed by atoms with Gasteiger partial charge in [-0.05, 0) is 80.8 Å². The highest BCUT2D eigenvalue weighted by Gasteiger charge is 2.52. The van der Waals surface area contributed by atoms with Gasteiger partial charge in [0.15, 0.2) is 0 Å². The summed E-state index contributed by atoms with van der Waals surface area (Å²) < 4.78 is 5.57. The van der Waals surface area contributed by atoms with Crippen LogP contribution in [0.2, 0.25) is 0 Å². The average Bonchev–Trinajstić information content (AvgIpc) is 3.21. The highest BCUT2D eigenvalue weighted by molar-refractivity contribution is 5.84. The van der Waals surface area contributed by atoms with Crippen LogP contribution in [0, 0.1) is 18.3 Å². The molecule has 174 valence electrons. The van der Waals surface area contributed by atoms with Gasteiger partial charge in [-0.3, -0.25) is 9.69 Å². The summed E-state index contributed by atoms with van der Waals surface area (Å²) in [5.41, 5.74) is 3.25. The standard InChI is InChI=1S/C26H38N4O2/c1-3-29-9-7-22-16-23(30-10-12-32-13-11-30)6-8-26(22,18-29)25(31)27-17-20-4-5-24-21(15-20)14-19(2)28-24/h4-5,14-15,22-23,28H,3,6-13,16-18H2,1-2H3,(H,27,31)/t22-,23+,26-/m1/s1. The zero-order valence-corrected chi connectivity index (χ0v) is 19.7. The number of carbonyl (C=O) groups is 1. The van der Waals surface area contributed by atoms with Gasteiger partial charge in [-0.1, -0.05) is 13.0 Å². The molecule has 5 rings (SSSR count). The van der Waals surface area contributed by atoms with E-state index in [4.69, 9.17) is 4.74 Å². The molecule has 3 atom stereocenters. The van der Waals surface area contributed by atoms with Gasteiger partial charge in [0.2, 0.25) is 5.91 Å². The molecule has 0 unspecified atom stereocenters. The number of nitrogens with zero attached hydrogens (tertiary/aromatic N) is 2. The van der Waals surface area contributed by atoms with Crippen molar-refractivity contribution in [3.8, 4) is 0 Å². The number of aromatic amines is 1. The molecule has 0 radical (unpaired) electrons. The Morgan fingerprint density at radius 1 is 1.22 bits per heavy atom. The van der Waals surface area contributed by atoms with Crippen LogP contribution >= 0.6 is 0 Å². The van der Waals surface area contributed by atoms with E-state index in [1.165, 1.54) is 16.6 Å². The number of fused-ring (bicyclic) bond motifs is 2. The van der Waals surface area contributed by atoms with E-state index in [9.17, 15) is 4.79 Å². The van der Waals surface area contributed by atoms with Crippen LogP contribution in [0.15, 0.2) is 24.3 Å². The molecule has 2 N–H and O–H groups in total. The number of aryl methyl sites for hydroxylation is 1. The number of amides is 1. The fraction of sp³-hybridized carbons (Fsp3) is 0.654. The van der Waals surface area contributed by atoms with Gasteiger partial charge < -0.3 is 19.9 Å². The fourth-order valence-electron chi connectivity index (χ4n) is 6.43. The smallest absolute Gasteiger partial charge is 0.228 e. The number of aromatic nitrogens is 1. The first-order valence-electron chi connectivity index (χ1n) is 12.5. The lowest BCUT2D eigenvalue weighted by Crippen LogP contribution is -2.60. The first-order valence-corrected chi connectivity index (χ1v) is 12.5. The SMILES string of the molecule is CCN1CC[C@@H]2C[C@@H](N3CCOCC3)CC[C@@]2(C(=O)NCc2ccc3[nH]c(C)cc3c2)C1. The molecule has 32 heavy (non-hydrogen) atoms. The van der Waals surface area contributed by atoms with Gasteiger partial charge in [0.1, 0.15) is 0 Å². The van der Waals surface area contributed by atoms with E-state index in [-0.39, 0.29) is 11.3 Å². The van der Waals surface area contributed by atoms with E-state index in [0.717, 1.165) is 77.1 Å². The largest absolute Gasteiger partial charge is 0.379 e. The lowest BCUT2D eigenvalue weighted by molar-refractivity contribution is -0.145. The van der Waals surface area contributed by atoms with Crippen molar-refractivity contribution in [2.24, 2.45) is 11.3 Å². The van der Waals surface area contributed by atoms with Gasteiger partial charge in [0, 0.05) is 43.4 Å². The molecule has 2 aromatic rings. The van der Waals surface area contributed by atoms with Gasteiger partial charge >= 0.3 is 0 Å². The average molecular weight is 439 g/mol. The first-order chi connectivity index (χ1) is 15.6. The number of likely N-dealkylation sites (tertiary alicyclic amines) is 1. The van der Waals surface area contributed by atoms with Crippen LogP contribution in [0.3, 0.4) is 0 Å². The van der Waals surface area contributed by atoms with Crippen LogP contribution in [-0.2, 0) is 16.1 Å². The van der Waals surface area contributed by atoms with Crippen LogP contribution in [0.4, 0.5) is 0 Å². The van der Waals surface area contributed by atoms with Crippen molar-refractivity contribution in [2.75, 3.05) is 45.9 Å². The fourth-order valence-corrected chi connectivity index (χ4v) is 6.43. The number of H-pyrrole nitrogens is 1. The molecule has 1 aromatic carbocycles. The summed E-state index contributed by atoms with van der Waals surface area (Å²) >= 11 is 0. The molecule has 3 fully saturated rings. The monoisotopic (exact) mass is 438 g/mol. The highest BCUT2D eigenvalue weighted by atomic mass is 16.5. The molecular formula is C26H38N4O2. The summed E-state index contributed by atoms with van der Waals surface area (Å²) in [6.07, 6.45) is 4.41. The van der Waals surface area contributed by atoms with Gasteiger partial charge in [-0.25, -0.2) is 0 Å². The Morgan fingerprint density at radius 3 is 2.88 bits per heavy atom. The van der Waals surface area contributed by atoms with E-state index in [1.807, 2.05) is 0 Å². The number of hydrogen-bond donors (Lipinski definition) is 2. The second kappa shape index (κ2) is 9.16. The lowest BCUT2D eigenvalue weighted by atomic mass is 9.61.